The molecule has 4 heteroatoms. The average molecular weight is 292 g/mol. The van der Waals surface area contributed by atoms with Crippen LogP contribution >= 0.6 is 0 Å². The zero-order valence-corrected chi connectivity index (χ0v) is 12.8. The van der Waals surface area contributed by atoms with Gasteiger partial charge in [-0.1, -0.05) is 25.3 Å². The lowest BCUT2D eigenvalue weighted by Gasteiger charge is -2.26. The molecule has 2 N–H and O–H groups in total. The van der Waals surface area contributed by atoms with E-state index in [2.05, 4.69) is 0 Å². The number of phenolic OH excluding ortho intramolecular Hbond substituents is 1. The molecule has 1 saturated carbocycles. The summed E-state index contributed by atoms with van der Waals surface area (Å²) < 4.78 is 4.90. The summed E-state index contributed by atoms with van der Waals surface area (Å²) in [6.07, 6.45) is 5.91. The van der Waals surface area contributed by atoms with Crippen molar-refractivity contribution in [1.29, 1.82) is 0 Å². The molecule has 1 aromatic rings. The fourth-order valence-corrected chi connectivity index (χ4v) is 3.02. The van der Waals surface area contributed by atoms with Crippen LogP contribution in [0.25, 0.3) is 0 Å². The Morgan fingerprint density at radius 1 is 1.33 bits per heavy atom. The maximum absolute atomic E-state index is 11.9. The first-order valence-electron chi connectivity index (χ1n) is 7.69. The number of hydrogen-bond acceptors (Lipinski definition) is 4. The van der Waals surface area contributed by atoms with Crippen molar-refractivity contribution in [1.82, 2.24) is 0 Å². The second kappa shape index (κ2) is 6.48. The molecule has 1 aliphatic rings. The molecule has 1 atom stereocenters. The van der Waals surface area contributed by atoms with Crippen LogP contribution in [0.2, 0.25) is 0 Å². The third kappa shape index (κ3) is 3.38. The molecule has 0 saturated heterocycles. The molecule has 1 unspecified atom stereocenters. The highest BCUT2D eigenvalue weighted by Crippen LogP contribution is 2.37. The van der Waals surface area contributed by atoms with E-state index in [1.807, 2.05) is 6.07 Å². The molecule has 0 radical (unpaired) electrons. The summed E-state index contributed by atoms with van der Waals surface area (Å²) in [5.41, 5.74) is -0.527. The number of carbonyl (C=O) groups excluding carboxylic acids is 1. The van der Waals surface area contributed by atoms with E-state index in [4.69, 9.17) is 4.74 Å². The number of ether oxygens (including phenoxy) is 1. The standard InChI is InChI=1S/C17H24O4/c1-3-21-16(19)17(2,20)14-11-13(9-10-15(14)18)12-7-5-4-6-8-12/h9-12,18,20H,3-8H2,1-2H3. The van der Waals surface area contributed by atoms with Crippen molar-refractivity contribution in [2.24, 2.45) is 0 Å². The van der Waals surface area contributed by atoms with E-state index in [9.17, 15) is 15.0 Å². The van der Waals surface area contributed by atoms with Crippen molar-refractivity contribution < 1.29 is 19.7 Å². The van der Waals surface area contributed by atoms with Gasteiger partial charge in [0, 0.05) is 5.56 Å². The molecule has 116 valence electrons. The predicted octanol–water partition coefficient (Wildman–Crippen LogP) is 3.21. The fourth-order valence-electron chi connectivity index (χ4n) is 3.02. The largest absolute Gasteiger partial charge is 0.508 e. The second-order valence-electron chi connectivity index (χ2n) is 5.90. The van der Waals surface area contributed by atoms with Crippen LogP contribution in [0.1, 0.15) is 63.0 Å². The van der Waals surface area contributed by atoms with Crippen molar-refractivity contribution in [2.45, 2.75) is 57.5 Å². The minimum Gasteiger partial charge on any atom is -0.508 e. The van der Waals surface area contributed by atoms with E-state index >= 15 is 0 Å². The number of aliphatic hydroxyl groups is 1. The van der Waals surface area contributed by atoms with Gasteiger partial charge in [-0.25, -0.2) is 4.79 Å². The van der Waals surface area contributed by atoms with Gasteiger partial charge in [-0.05, 0) is 50.3 Å². The summed E-state index contributed by atoms with van der Waals surface area (Å²) in [5, 5.41) is 20.5. The van der Waals surface area contributed by atoms with Gasteiger partial charge in [-0.2, -0.15) is 0 Å². The summed E-state index contributed by atoms with van der Waals surface area (Å²) >= 11 is 0. The lowest BCUT2D eigenvalue weighted by Crippen LogP contribution is -2.34. The van der Waals surface area contributed by atoms with Crippen LogP contribution in [-0.2, 0) is 15.1 Å². The minimum atomic E-state index is -1.83. The molecular formula is C17H24O4. The molecule has 0 heterocycles. The van der Waals surface area contributed by atoms with Gasteiger partial charge in [-0.15, -0.1) is 0 Å². The van der Waals surface area contributed by atoms with Gasteiger partial charge in [0.1, 0.15) is 5.75 Å². The number of rotatable bonds is 4. The average Bonchev–Trinajstić information content (AvgIpc) is 2.48. The molecule has 21 heavy (non-hydrogen) atoms. The summed E-state index contributed by atoms with van der Waals surface area (Å²) in [6.45, 7) is 3.25. The zero-order chi connectivity index (χ0) is 15.5. The quantitative estimate of drug-likeness (QED) is 0.836. The lowest BCUT2D eigenvalue weighted by atomic mass is 9.82. The fraction of sp³-hybridized carbons (Fsp3) is 0.588. The van der Waals surface area contributed by atoms with Crippen LogP contribution in [0.5, 0.6) is 5.75 Å². The van der Waals surface area contributed by atoms with Crippen LogP contribution < -0.4 is 0 Å². The van der Waals surface area contributed by atoms with Crippen molar-refractivity contribution in [3.63, 3.8) is 0 Å². The van der Waals surface area contributed by atoms with Gasteiger partial charge in [0.2, 0.25) is 0 Å². The van der Waals surface area contributed by atoms with E-state index in [0.29, 0.717) is 5.92 Å². The van der Waals surface area contributed by atoms with Crippen LogP contribution in [0, 0.1) is 0 Å². The molecule has 0 amide bonds. The molecule has 1 aliphatic carbocycles. The Balaban J connectivity index is 2.32. The van der Waals surface area contributed by atoms with E-state index in [0.717, 1.165) is 18.4 Å². The van der Waals surface area contributed by atoms with Crippen molar-refractivity contribution in [3.8, 4) is 5.75 Å². The van der Waals surface area contributed by atoms with E-state index in [1.165, 1.54) is 26.2 Å². The number of aromatic hydroxyl groups is 1. The van der Waals surface area contributed by atoms with Gasteiger partial charge in [0.05, 0.1) is 6.61 Å². The van der Waals surface area contributed by atoms with Crippen molar-refractivity contribution >= 4 is 5.97 Å². The number of carbonyl (C=O) groups is 1. The Morgan fingerprint density at radius 3 is 2.62 bits per heavy atom. The monoisotopic (exact) mass is 292 g/mol. The third-order valence-corrected chi connectivity index (χ3v) is 4.29. The highest BCUT2D eigenvalue weighted by Gasteiger charge is 2.37. The van der Waals surface area contributed by atoms with Gasteiger partial charge in [-0.3, -0.25) is 0 Å². The zero-order valence-electron chi connectivity index (χ0n) is 12.8. The Labute approximate surface area is 125 Å². The number of benzene rings is 1. The Morgan fingerprint density at radius 2 is 2.00 bits per heavy atom. The molecule has 0 bridgehead atoms. The maximum atomic E-state index is 11.9. The van der Waals surface area contributed by atoms with Gasteiger partial charge in [0.15, 0.2) is 5.60 Å². The lowest BCUT2D eigenvalue weighted by molar-refractivity contribution is -0.164. The molecule has 2 rings (SSSR count). The SMILES string of the molecule is CCOC(=O)C(C)(O)c1cc(C2CCCCC2)ccc1O. The highest BCUT2D eigenvalue weighted by atomic mass is 16.5. The van der Waals surface area contributed by atoms with Gasteiger partial charge in [0.25, 0.3) is 0 Å². The van der Waals surface area contributed by atoms with Gasteiger partial charge < -0.3 is 14.9 Å². The van der Waals surface area contributed by atoms with Crippen LogP contribution in [0.4, 0.5) is 0 Å². The molecule has 1 aromatic carbocycles. The van der Waals surface area contributed by atoms with E-state index in [-0.39, 0.29) is 17.9 Å². The van der Waals surface area contributed by atoms with Crippen LogP contribution in [0.15, 0.2) is 18.2 Å². The first kappa shape index (κ1) is 15.8. The summed E-state index contributed by atoms with van der Waals surface area (Å²) in [6, 6.07) is 5.20. The van der Waals surface area contributed by atoms with Crippen molar-refractivity contribution in [3.05, 3.63) is 29.3 Å². The highest BCUT2D eigenvalue weighted by molar-refractivity contribution is 5.81. The van der Waals surface area contributed by atoms with Crippen molar-refractivity contribution in [2.75, 3.05) is 6.61 Å². The molecule has 1 fully saturated rings. The first-order chi connectivity index (χ1) is 9.96. The van der Waals surface area contributed by atoms with Crippen LogP contribution in [-0.4, -0.2) is 22.8 Å². The topological polar surface area (TPSA) is 66.8 Å². The summed E-state index contributed by atoms with van der Waals surface area (Å²) in [4.78, 5) is 11.9. The number of esters is 1. The predicted molar refractivity (Wildman–Crippen MR) is 80.1 cm³/mol. The Kier molecular flexibility index (Phi) is 4.88. The molecule has 0 aromatic heterocycles. The number of phenols is 1. The van der Waals surface area contributed by atoms with Crippen LogP contribution in [0.3, 0.4) is 0 Å². The minimum absolute atomic E-state index is 0.0763. The summed E-state index contributed by atoms with van der Waals surface area (Å²) in [7, 11) is 0. The molecular weight excluding hydrogens is 268 g/mol. The first-order valence-corrected chi connectivity index (χ1v) is 7.69. The van der Waals surface area contributed by atoms with Gasteiger partial charge >= 0.3 is 5.97 Å². The normalized spacial score (nSPS) is 19.0. The van der Waals surface area contributed by atoms with E-state index in [1.54, 1.807) is 19.1 Å². The van der Waals surface area contributed by atoms with E-state index < -0.39 is 11.6 Å². The third-order valence-electron chi connectivity index (χ3n) is 4.29. The second-order valence-corrected chi connectivity index (χ2v) is 5.90. The maximum Gasteiger partial charge on any atom is 0.342 e. The summed E-state index contributed by atoms with van der Waals surface area (Å²) in [5.74, 6) is -0.371. The molecule has 0 spiro atoms. The number of hydrogen-bond donors (Lipinski definition) is 2. The smallest absolute Gasteiger partial charge is 0.342 e. The molecule has 4 nitrogen and oxygen atoms in total. The Hall–Kier alpha value is -1.55. The molecule has 0 aliphatic heterocycles. The Bertz CT molecular complexity index is 502.